The summed E-state index contributed by atoms with van der Waals surface area (Å²) in [5, 5.41) is 5.02. The molecule has 0 aliphatic heterocycles. The molecular weight excluding hydrogens is 757 g/mol. The van der Waals surface area contributed by atoms with Crippen LogP contribution in [0.25, 0.3) is 64.3 Å². The van der Waals surface area contributed by atoms with Gasteiger partial charge in [0, 0.05) is 43.6 Å². The molecule has 0 saturated carbocycles. The molecule has 0 aliphatic carbocycles. The third-order valence-corrected chi connectivity index (χ3v) is 12.9. The molecule has 0 saturated heterocycles. The van der Waals surface area contributed by atoms with Crippen LogP contribution in [0.3, 0.4) is 0 Å². The average molecular weight is 797 g/mol. The SMILES string of the molecule is c1ccc(-c2ccc(N(c3ccc(-c4ccccc4)cc3)c3ccc(-c4ccc(N(c5cccc6ccccc56)c5cccc6c5sc5ccccc56)cc4)cc3)cc2)cc1. The maximum atomic E-state index is 2.44. The molecule has 0 fully saturated rings. The van der Waals surface area contributed by atoms with Crippen LogP contribution >= 0.6 is 11.3 Å². The van der Waals surface area contributed by atoms with E-state index in [2.05, 4.69) is 252 Å². The van der Waals surface area contributed by atoms with Crippen molar-refractivity contribution in [2.75, 3.05) is 9.80 Å². The number of benzene rings is 10. The third kappa shape index (κ3) is 6.91. The van der Waals surface area contributed by atoms with Crippen LogP contribution in [0, 0.1) is 0 Å². The number of anilines is 6. The van der Waals surface area contributed by atoms with Gasteiger partial charge in [0.15, 0.2) is 0 Å². The molecule has 61 heavy (non-hydrogen) atoms. The van der Waals surface area contributed by atoms with Crippen molar-refractivity contribution >= 4 is 76.4 Å². The van der Waals surface area contributed by atoms with E-state index >= 15 is 0 Å². The molecule has 0 aliphatic rings. The number of rotatable bonds is 9. The van der Waals surface area contributed by atoms with Gasteiger partial charge in [0.05, 0.1) is 16.1 Å². The minimum Gasteiger partial charge on any atom is -0.311 e. The van der Waals surface area contributed by atoms with Crippen LogP contribution in [0.5, 0.6) is 0 Å². The molecular formula is C58H40N2S. The van der Waals surface area contributed by atoms with E-state index in [1.165, 1.54) is 64.4 Å². The van der Waals surface area contributed by atoms with Gasteiger partial charge in [-0.15, -0.1) is 11.3 Å². The van der Waals surface area contributed by atoms with E-state index in [-0.39, 0.29) is 0 Å². The van der Waals surface area contributed by atoms with Crippen LogP contribution < -0.4 is 9.80 Å². The Hall–Kier alpha value is -7.72. The lowest BCUT2D eigenvalue weighted by molar-refractivity contribution is 1.28. The van der Waals surface area contributed by atoms with Gasteiger partial charge in [0.25, 0.3) is 0 Å². The van der Waals surface area contributed by atoms with Crippen molar-refractivity contribution in [1.82, 2.24) is 0 Å². The van der Waals surface area contributed by atoms with Crippen LogP contribution in [0.15, 0.2) is 243 Å². The molecule has 0 unspecified atom stereocenters. The quantitative estimate of drug-likeness (QED) is 0.144. The van der Waals surface area contributed by atoms with Crippen LogP contribution in [-0.4, -0.2) is 0 Å². The molecule has 0 radical (unpaired) electrons. The first-order chi connectivity index (χ1) is 30.2. The topological polar surface area (TPSA) is 6.48 Å². The zero-order valence-electron chi connectivity index (χ0n) is 33.4. The summed E-state index contributed by atoms with van der Waals surface area (Å²) in [4.78, 5) is 4.78. The van der Waals surface area contributed by atoms with E-state index in [0.717, 1.165) is 34.0 Å². The second-order valence-corrected chi connectivity index (χ2v) is 16.4. The summed E-state index contributed by atoms with van der Waals surface area (Å²) >= 11 is 1.87. The highest BCUT2D eigenvalue weighted by Crippen LogP contribution is 2.47. The highest BCUT2D eigenvalue weighted by molar-refractivity contribution is 7.26. The summed E-state index contributed by atoms with van der Waals surface area (Å²) in [6.07, 6.45) is 0. The minimum absolute atomic E-state index is 1.10. The van der Waals surface area contributed by atoms with Crippen molar-refractivity contribution in [1.29, 1.82) is 0 Å². The second-order valence-electron chi connectivity index (χ2n) is 15.3. The average Bonchev–Trinajstić information content (AvgIpc) is 3.73. The summed E-state index contributed by atoms with van der Waals surface area (Å²) in [5.74, 6) is 0. The molecule has 3 heteroatoms. The fourth-order valence-corrected chi connectivity index (χ4v) is 9.85. The van der Waals surface area contributed by atoms with Crippen LogP contribution in [0.4, 0.5) is 34.1 Å². The number of nitrogens with zero attached hydrogens (tertiary/aromatic N) is 2. The van der Waals surface area contributed by atoms with Crippen molar-refractivity contribution in [3.8, 4) is 33.4 Å². The first-order valence-electron chi connectivity index (χ1n) is 20.7. The molecule has 0 N–H and O–H groups in total. The van der Waals surface area contributed by atoms with Crippen LogP contribution in [-0.2, 0) is 0 Å². The Morgan fingerprint density at radius 1 is 0.246 bits per heavy atom. The number of thiophene rings is 1. The highest BCUT2D eigenvalue weighted by Gasteiger charge is 2.20. The van der Waals surface area contributed by atoms with Gasteiger partial charge in [-0.25, -0.2) is 0 Å². The van der Waals surface area contributed by atoms with Crippen molar-refractivity contribution in [2.45, 2.75) is 0 Å². The predicted octanol–water partition coefficient (Wildman–Crippen LogP) is 17.1. The molecule has 0 spiro atoms. The largest absolute Gasteiger partial charge is 0.311 e. The van der Waals surface area contributed by atoms with Gasteiger partial charge in [0.1, 0.15) is 0 Å². The van der Waals surface area contributed by atoms with Crippen molar-refractivity contribution in [2.24, 2.45) is 0 Å². The molecule has 0 amide bonds. The Bertz CT molecular complexity index is 3180. The van der Waals surface area contributed by atoms with Gasteiger partial charge in [0.2, 0.25) is 0 Å². The summed E-state index contributed by atoms with van der Waals surface area (Å²) < 4.78 is 2.58. The van der Waals surface area contributed by atoms with E-state index in [1.54, 1.807) is 0 Å². The summed E-state index contributed by atoms with van der Waals surface area (Å²) in [5.41, 5.74) is 13.9. The molecule has 11 aromatic rings. The lowest BCUT2D eigenvalue weighted by Crippen LogP contribution is -2.10. The van der Waals surface area contributed by atoms with Crippen molar-refractivity contribution < 1.29 is 0 Å². The van der Waals surface area contributed by atoms with Crippen LogP contribution in [0.1, 0.15) is 0 Å². The number of fused-ring (bicyclic) bond motifs is 4. The van der Waals surface area contributed by atoms with E-state index in [1.807, 2.05) is 11.3 Å². The lowest BCUT2D eigenvalue weighted by atomic mass is 10.0. The zero-order valence-corrected chi connectivity index (χ0v) is 34.2. The monoisotopic (exact) mass is 796 g/mol. The van der Waals surface area contributed by atoms with E-state index < -0.39 is 0 Å². The third-order valence-electron chi connectivity index (χ3n) is 11.7. The van der Waals surface area contributed by atoms with Gasteiger partial charge >= 0.3 is 0 Å². The summed E-state index contributed by atoms with van der Waals surface area (Å²) in [6, 6.07) is 87.7. The van der Waals surface area contributed by atoms with Gasteiger partial charge < -0.3 is 9.80 Å². The standard InChI is InChI=1S/C58H40N2S/c1-3-13-41(14-4-1)43-25-33-48(34-26-43)59(49-35-27-44(28-36-49)42-15-5-2-6-16-42)50-37-29-45(30-38-50)46-31-39-51(40-32-46)60(55-22-11-18-47-17-7-8-19-52(47)55)56-23-12-21-54-53-20-9-10-24-57(53)61-58(54)56/h1-40H. The number of hydrogen-bond donors (Lipinski definition) is 0. The van der Waals surface area contributed by atoms with Gasteiger partial charge in [-0.05, 0) is 105 Å². The summed E-state index contributed by atoms with van der Waals surface area (Å²) in [7, 11) is 0. The fourth-order valence-electron chi connectivity index (χ4n) is 8.64. The first-order valence-corrected chi connectivity index (χ1v) is 21.6. The molecule has 2 nitrogen and oxygen atoms in total. The summed E-state index contributed by atoms with van der Waals surface area (Å²) in [6.45, 7) is 0. The molecule has 10 aromatic carbocycles. The first kappa shape index (κ1) is 36.4. The molecule has 0 atom stereocenters. The Morgan fingerprint density at radius 3 is 1.16 bits per heavy atom. The van der Waals surface area contributed by atoms with Crippen molar-refractivity contribution in [3.63, 3.8) is 0 Å². The van der Waals surface area contributed by atoms with E-state index in [0.29, 0.717) is 0 Å². The minimum atomic E-state index is 1.10. The molecule has 1 heterocycles. The second kappa shape index (κ2) is 15.8. The van der Waals surface area contributed by atoms with Crippen molar-refractivity contribution in [3.05, 3.63) is 243 Å². The molecule has 1 aromatic heterocycles. The van der Waals surface area contributed by atoms with Gasteiger partial charge in [-0.1, -0.05) is 176 Å². The highest BCUT2D eigenvalue weighted by atomic mass is 32.1. The van der Waals surface area contributed by atoms with Gasteiger partial charge in [-0.2, -0.15) is 0 Å². The number of hydrogen-bond acceptors (Lipinski definition) is 3. The zero-order chi connectivity index (χ0) is 40.5. The Kier molecular flexibility index (Phi) is 9.42. The van der Waals surface area contributed by atoms with Gasteiger partial charge in [-0.3, -0.25) is 0 Å². The fraction of sp³-hybridized carbons (Fsp3) is 0. The Balaban J connectivity index is 0.959. The Morgan fingerprint density at radius 2 is 0.623 bits per heavy atom. The van der Waals surface area contributed by atoms with Crippen LogP contribution in [0.2, 0.25) is 0 Å². The normalized spacial score (nSPS) is 11.3. The molecule has 0 bridgehead atoms. The van der Waals surface area contributed by atoms with E-state index in [9.17, 15) is 0 Å². The smallest absolute Gasteiger partial charge is 0.0640 e. The van der Waals surface area contributed by atoms with E-state index in [4.69, 9.17) is 0 Å². The maximum Gasteiger partial charge on any atom is 0.0640 e. The molecule has 288 valence electrons. The Labute approximate surface area is 360 Å². The molecule has 11 rings (SSSR count). The predicted molar refractivity (Wildman–Crippen MR) is 263 cm³/mol. The maximum absolute atomic E-state index is 2.44. The lowest BCUT2D eigenvalue weighted by Gasteiger charge is -2.27.